The van der Waals surface area contributed by atoms with E-state index in [0.29, 0.717) is 11.7 Å². The summed E-state index contributed by atoms with van der Waals surface area (Å²) < 4.78 is 5.07. The van der Waals surface area contributed by atoms with Crippen LogP contribution in [-0.2, 0) is 16.8 Å². The van der Waals surface area contributed by atoms with E-state index in [1.54, 1.807) is 6.92 Å². The van der Waals surface area contributed by atoms with Gasteiger partial charge in [0, 0.05) is 5.41 Å². The summed E-state index contributed by atoms with van der Waals surface area (Å²) in [6.45, 7) is 7.76. The first-order chi connectivity index (χ1) is 7.30. The minimum absolute atomic E-state index is 0.191. The maximum absolute atomic E-state index is 10.6. The third-order valence-electron chi connectivity index (χ3n) is 2.05. The third-order valence-corrected chi connectivity index (χ3v) is 2.05. The quantitative estimate of drug-likeness (QED) is 0.795. The molecule has 2 N–H and O–H groups in total. The number of carboxylic acids is 1. The van der Waals surface area contributed by atoms with E-state index in [-0.39, 0.29) is 12.0 Å². The molecule has 0 aliphatic carbocycles. The number of nitrogens with one attached hydrogen (secondary N) is 1. The van der Waals surface area contributed by atoms with Crippen LogP contribution < -0.4 is 5.32 Å². The van der Waals surface area contributed by atoms with E-state index in [4.69, 9.17) is 9.63 Å². The number of hydrogen-bond acceptors (Lipinski definition) is 5. The summed E-state index contributed by atoms with van der Waals surface area (Å²) in [5.41, 5.74) is -0.191. The standard InChI is InChI=1S/C10H17N3O3/c1-6(8(14)15)11-5-7-12-9(16-13-7)10(2,3)4/h6,11H,5H2,1-4H3,(H,14,15)/t6-/m0/s1. The average molecular weight is 227 g/mol. The van der Waals surface area contributed by atoms with Crippen molar-refractivity contribution in [2.75, 3.05) is 0 Å². The summed E-state index contributed by atoms with van der Waals surface area (Å²) in [6.07, 6.45) is 0. The summed E-state index contributed by atoms with van der Waals surface area (Å²) in [4.78, 5) is 14.7. The molecule has 1 rings (SSSR count). The number of aromatic nitrogens is 2. The largest absolute Gasteiger partial charge is 0.480 e. The monoisotopic (exact) mass is 227 g/mol. The average Bonchev–Trinajstić information content (AvgIpc) is 2.61. The van der Waals surface area contributed by atoms with Crippen LogP contribution in [-0.4, -0.2) is 27.3 Å². The number of carbonyl (C=O) groups is 1. The lowest BCUT2D eigenvalue weighted by molar-refractivity contribution is -0.139. The van der Waals surface area contributed by atoms with Crippen molar-refractivity contribution in [2.24, 2.45) is 0 Å². The van der Waals surface area contributed by atoms with Crippen LogP contribution in [0.3, 0.4) is 0 Å². The SMILES string of the molecule is C[C@H](NCc1noc(C(C)(C)C)n1)C(=O)O. The molecule has 1 heterocycles. The van der Waals surface area contributed by atoms with Crippen LogP contribution in [0.25, 0.3) is 0 Å². The van der Waals surface area contributed by atoms with Gasteiger partial charge < -0.3 is 9.63 Å². The molecule has 0 saturated carbocycles. The smallest absolute Gasteiger partial charge is 0.320 e. The highest BCUT2D eigenvalue weighted by molar-refractivity contribution is 5.72. The molecule has 0 amide bonds. The number of rotatable bonds is 4. The van der Waals surface area contributed by atoms with Gasteiger partial charge in [-0.2, -0.15) is 4.98 Å². The molecule has 0 radical (unpaired) electrons. The van der Waals surface area contributed by atoms with E-state index in [9.17, 15) is 4.79 Å². The van der Waals surface area contributed by atoms with Crippen molar-refractivity contribution in [3.8, 4) is 0 Å². The maximum Gasteiger partial charge on any atom is 0.320 e. The zero-order valence-corrected chi connectivity index (χ0v) is 9.94. The molecule has 90 valence electrons. The summed E-state index contributed by atoms with van der Waals surface area (Å²) in [5.74, 6) is 0.116. The van der Waals surface area contributed by atoms with Crippen LogP contribution >= 0.6 is 0 Å². The molecule has 6 heteroatoms. The normalized spacial score (nSPS) is 13.8. The molecule has 16 heavy (non-hydrogen) atoms. The molecule has 0 fully saturated rings. The van der Waals surface area contributed by atoms with Gasteiger partial charge in [-0.15, -0.1) is 0 Å². The Bertz CT molecular complexity index is 368. The van der Waals surface area contributed by atoms with Crippen molar-refractivity contribution in [1.82, 2.24) is 15.5 Å². The van der Waals surface area contributed by atoms with Gasteiger partial charge in [-0.05, 0) is 6.92 Å². The van der Waals surface area contributed by atoms with Gasteiger partial charge >= 0.3 is 5.97 Å². The van der Waals surface area contributed by atoms with Crippen LogP contribution in [0.4, 0.5) is 0 Å². The van der Waals surface area contributed by atoms with E-state index >= 15 is 0 Å². The molecule has 0 spiro atoms. The minimum atomic E-state index is -0.903. The molecule has 0 unspecified atom stereocenters. The van der Waals surface area contributed by atoms with Gasteiger partial charge in [-0.25, -0.2) is 0 Å². The Balaban J connectivity index is 2.57. The Morgan fingerprint density at radius 3 is 2.62 bits per heavy atom. The van der Waals surface area contributed by atoms with E-state index < -0.39 is 12.0 Å². The van der Waals surface area contributed by atoms with Gasteiger partial charge in [-0.1, -0.05) is 25.9 Å². The van der Waals surface area contributed by atoms with Crippen molar-refractivity contribution in [3.63, 3.8) is 0 Å². The first kappa shape index (κ1) is 12.6. The maximum atomic E-state index is 10.6. The van der Waals surface area contributed by atoms with Crippen molar-refractivity contribution < 1.29 is 14.4 Å². The summed E-state index contributed by atoms with van der Waals surface area (Å²) in [6, 6.07) is -0.628. The van der Waals surface area contributed by atoms with Gasteiger partial charge in [0.05, 0.1) is 6.54 Å². The number of nitrogens with zero attached hydrogens (tertiary/aromatic N) is 2. The lowest BCUT2D eigenvalue weighted by Gasteiger charge is -2.10. The number of carboxylic acid groups (broad SMARTS) is 1. The van der Waals surface area contributed by atoms with Crippen LogP contribution in [0.15, 0.2) is 4.52 Å². The van der Waals surface area contributed by atoms with E-state index in [2.05, 4.69) is 15.5 Å². The van der Waals surface area contributed by atoms with E-state index in [0.717, 1.165) is 0 Å². The van der Waals surface area contributed by atoms with Gasteiger partial charge in [-0.3, -0.25) is 10.1 Å². The molecule has 1 atom stereocenters. The molecule has 6 nitrogen and oxygen atoms in total. The Kier molecular flexibility index (Phi) is 3.64. The Hall–Kier alpha value is -1.43. The molecular weight excluding hydrogens is 210 g/mol. The molecule has 0 saturated heterocycles. The second-order valence-corrected chi connectivity index (χ2v) is 4.71. The van der Waals surface area contributed by atoms with Crippen molar-refractivity contribution in [3.05, 3.63) is 11.7 Å². The van der Waals surface area contributed by atoms with Gasteiger partial charge in [0.1, 0.15) is 6.04 Å². The second-order valence-electron chi connectivity index (χ2n) is 4.71. The summed E-state index contributed by atoms with van der Waals surface area (Å²) >= 11 is 0. The molecule has 0 aliphatic heterocycles. The van der Waals surface area contributed by atoms with Crippen molar-refractivity contribution >= 4 is 5.97 Å². The highest BCUT2D eigenvalue weighted by Gasteiger charge is 2.22. The summed E-state index contributed by atoms with van der Waals surface area (Å²) in [5, 5.41) is 15.2. The van der Waals surface area contributed by atoms with Crippen LogP contribution in [0.1, 0.15) is 39.4 Å². The molecule has 1 aromatic heterocycles. The van der Waals surface area contributed by atoms with Crippen LogP contribution in [0.2, 0.25) is 0 Å². The van der Waals surface area contributed by atoms with Crippen molar-refractivity contribution in [2.45, 2.75) is 45.7 Å². The van der Waals surface area contributed by atoms with E-state index in [1.165, 1.54) is 0 Å². The fourth-order valence-electron chi connectivity index (χ4n) is 0.962. The fraction of sp³-hybridized carbons (Fsp3) is 0.700. The van der Waals surface area contributed by atoms with Gasteiger partial charge in [0.25, 0.3) is 0 Å². The zero-order valence-electron chi connectivity index (χ0n) is 9.94. The molecule has 0 aromatic carbocycles. The lowest BCUT2D eigenvalue weighted by Crippen LogP contribution is -2.33. The minimum Gasteiger partial charge on any atom is -0.480 e. The number of aliphatic carboxylic acids is 1. The second kappa shape index (κ2) is 4.61. The highest BCUT2D eigenvalue weighted by atomic mass is 16.5. The predicted molar refractivity (Wildman–Crippen MR) is 56.9 cm³/mol. The Labute approximate surface area is 94.0 Å². The topological polar surface area (TPSA) is 88.3 Å². The molecule has 0 bridgehead atoms. The van der Waals surface area contributed by atoms with Crippen LogP contribution in [0.5, 0.6) is 0 Å². The first-order valence-electron chi connectivity index (χ1n) is 5.10. The zero-order chi connectivity index (χ0) is 12.3. The molecule has 1 aromatic rings. The highest BCUT2D eigenvalue weighted by Crippen LogP contribution is 2.19. The van der Waals surface area contributed by atoms with E-state index in [1.807, 2.05) is 20.8 Å². The van der Waals surface area contributed by atoms with Gasteiger partial charge in [0.2, 0.25) is 5.89 Å². The lowest BCUT2D eigenvalue weighted by atomic mass is 9.97. The Morgan fingerprint density at radius 1 is 1.56 bits per heavy atom. The fourth-order valence-corrected chi connectivity index (χ4v) is 0.962. The molecular formula is C10H17N3O3. The summed E-state index contributed by atoms with van der Waals surface area (Å²) in [7, 11) is 0. The first-order valence-corrected chi connectivity index (χ1v) is 5.10. The van der Waals surface area contributed by atoms with Gasteiger partial charge in [0.15, 0.2) is 5.82 Å². The predicted octanol–water partition coefficient (Wildman–Crippen LogP) is 0.930. The van der Waals surface area contributed by atoms with Crippen molar-refractivity contribution in [1.29, 1.82) is 0 Å². The number of hydrogen-bond donors (Lipinski definition) is 2. The molecule has 0 aliphatic rings. The van der Waals surface area contributed by atoms with Crippen LogP contribution in [0, 0.1) is 0 Å². The Morgan fingerprint density at radius 2 is 2.19 bits per heavy atom. The third kappa shape index (κ3) is 3.30.